The zero-order valence-corrected chi connectivity index (χ0v) is 11.2. The molecule has 1 spiro atoms. The first kappa shape index (κ1) is 12.2. The molecule has 1 fully saturated rings. The topological polar surface area (TPSA) is 20.2 Å². The molecule has 2 rings (SSSR count). The lowest BCUT2D eigenvalue weighted by Crippen LogP contribution is -2.51. The normalized spacial score (nSPS) is 44.1. The summed E-state index contributed by atoms with van der Waals surface area (Å²) < 4.78 is 0. The second kappa shape index (κ2) is 3.87. The van der Waals surface area contributed by atoms with Crippen LogP contribution in [-0.4, -0.2) is 10.7 Å². The summed E-state index contributed by atoms with van der Waals surface area (Å²) >= 11 is 0. The fourth-order valence-corrected chi connectivity index (χ4v) is 4.07. The Hall–Kier alpha value is -0.300. The van der Waals surface area contributed by atoms with E-state index in [0.29, 0.717) is 11.8 Å². The van der Waals surface area contributed by atoms with Gasteiger partial charge in [0, 0.05) is 5.41 Å². The molecule has 0 bridgehead atoms. The second-order valence-electron chi connectivity index (χ2n) is 6.43. The molecule has 0 saturated heterocycles. The van der Waals surface area contributed by atoms with Crippen LogP contribution in [0.3, 0.4) is 0 Å². The maximum absolute atomic E-state index is 11.1. The van der Waals surface area contributed by atoms with Crippen molar-refractivity contribution in [2.45, 2.75) is 65.4 Å². The van der Waals surface area contributed by atoms with Gasteiger partial charge in [-0.2, -0.15) is 0 Å². The minimum Gasteiger partial charge on any atom is -0.389 e. The van der Waals surface area contributed by atoms with E-state index < -0.39 is 5.60 Å². The molecule has 16 heavy (non-hydrogen) atoms. The van der Waals surface area contributed by atoms with Gasteiger partial charge in [0.2, 0.25) is 0 Å². The van der Waals surface area contributed by atoms with E-state index in [4.69, 9.17) is 0 Å². The lowest BCUT2D eigenvalue weighted by atomic mass is 9.59. The lowest BCUT2D eigenvalue weighted by Gasteiger charge is -2.49. The Morgan fingerprint density at radius 2 is 2.06 bits per heavy atom. The maximum Gasteiger partial charge on any atom is 0.0732 e. The molecule has 1 N–H and O–H groups in total. The van der Waals surface area contributed by atoms with Gasteiger partial charge in [-0.15, -0.1) is 0 Å². The Morgan fingerprint density at radius 3 is 2.56 bits per heavy atom. The summed E-state index contributed by atoms with van der Waals surface area (Å²) in [6, 6.07) is 0. The molecule has 0 amide bonds. The average Bonchev–Trinajstić information content (AvgIpc) is 2.49. The maximum atomic E-state index is 11.1. The first-order valence-corrected chi connectivity index (χ1v) is 6.80. The van der Waals surface area contributed by atoms with Gasteiger partial charge in [0.15, 0.2) is 0 Å². The van der Waals surface area contributed by atoms with Gasteiger partial charge in [-0.1, -0.05) is 32.4 Å². The van der Waals surface area contributed by atoms with Crippen LogP contribution >= 0.6 is 0 Å². The standard InChI is InChI=1S/C15H26O/c1-11(2)15(16)10-7-13(4)14(15)8-5-12(3)6-9-14/h5,11,13,16H,6-10H2,1-4H3/t13-,14+,15+/m1/s1. The summed E-state index contributed by atoms with van der Waals surface area (Å²) in [5, 5.41) is 11.1. The number of allylic oxidation sites excluding steroid dienone is 2. The molecule has 0 unspecified atom stereocenters. The largest absolute Gasteiger partial charge is 0.389 e. The quantitative estimate of drug-likeness (QED) is 0.667. The van der Waals surface area contributed by atoms with Gasteiger partial charge in [-0.05, 0) is 50.9 Å². The zero-order chi connectivity index (χ0) is 12.0. The van der Waals surface area contributed by atoms with E-state index in [2.05, 4.69) is 33.8 Å². The van der Waals surface area contributed by atoms with Crippen LogP contribution in [0.15, 0.2) is 11.6 Å². The van der Waals surface area contributed by atoms with Crippen LogP contribution in [0.2, 0.25) is 0 Å². The number of hydrogen-bond acceptors (Lipinski definition) is 1. The van der Waals surface area contributed by atoms with Crippen LogP contribution in [0.1, 0.15) is 59.8 Å². The molecule has 0 aromatic carbocycles. The average molecular weight is 222 g/mol. The van der Waals surface area contributed by atoms with Gasteiger partial charge < -0.3 is 5.11 Å². The second-order valence-corrected chi connectivity index (χ2v) is 6.43. The lowest BCUT2D eigenvalue weighted by molar-refractivity contribution is -0.115. The fourth-order valence-electron chi connectivity index (χ4n) is 4.07. The third-order valence-corrected chi connectivity index (χ3v) is 5.50. The van der Waals surface area contributed by atoms with Gasteiger partial charge in [-0.25, -0.2) is 0 Å². The Kier molecular flexibility index (Phi) is 2.94. The highest BCUT2D eigenvalue weighted by Gasteiger charge is 2.58. The molecule has 0 aromatic rings. The van der Waals surface area contributed by atoms with Crippen molar-refractivity contribution in [2.75, 3.05) is 0 Å². The third-order valence-electron chi connectivity index (χ3n) is 5.50. The smallest absolute Gasteiger partial charge is 0.0732 e. The summed E-state index contributed by atoms with van der Waals surface area (Å²) in [5.41, 5.74) is 1.25. The Bertz CT molecular complexity index is 305. The van der Waals surface area contributed by atoms with Crippen LogP contribution in [-0.2, 0) is 0 Å². The van der Waals surface area contributed by atoms with Crippen LogP contribution in [0.4, 0.5) is 0 Å². The van der Waals surface area contributed by atoms with E-state index in [9.17, 15) is 5.11 Å². The van der Waals surface area contributed by atoms with E-state index in [1.54, 1.807) is 0 Å². The molecule has 1 nitrogen and oxygen atoms in total. The molecule has 1 heteroatoms. The zero-order valence-electron chi connectivity index (χ0n) is 11.2. The van der Waals surface area contributed by atoms with Crippen molar-refractivity contribution in [2.24, 2.45) is 17.3 Å². The molecule has 3 atom stereocenters. The molecule has 1 saturated carbocycles. The Labute approximate surface area is 99.9 Å². The fraction of sp³-hybridized carbons (Fsp3) is 0.867. The van der Waals surface area contributed by atoms with E-state index in [1.807, 2.05) is 0 Å². The third kappa shape index (κ3) is 1.48. The SMILES string of the molecule is CC1=CC[C@]2(CC1)[C@H](C)CC[C@]2(O)C(C)C. The molecule has 0 heterocycles. The van der Waals surface area contributed by atoms with Crippen molar-refractivity contribution in [3.8, 4) is 0 Å². The Morgan fingerprint density at radius 1 is 1.38 bits per heavy atom. The van der Waals surface area contributed by atoms with Gasteiger partial charge >= 0.3 is 0 Å². The van der Waals surface area contributed by atoms with Crippen LogP contribution in [0.25, 0.3) is 0 Å². The van der Waals surface area contributed by atoms with E-state index in [1.165, 1.54) is 24.8 Å². The minimum atomic E-state index is -0.427. The number of hydrogen-bond donors (Lipinski definition) is 1. The monoisotopic (exact) mass is 222 g/mol. The van der Waals surface area contributed by atoms with E-state index in [-0.39, 0.29) is 5.41 Å². The molecular weight excluding hydrogens is 196 g/mol. The molecular formula is C15H26O. The highest BCUT2D eigenvalue weighted by atomic mass is 16.3. The molecule has 0 aromatic heterocycles. The molecule has 2 aliphatic rings. The van der Waals surface area contributed by atoms with Gasteiger partial charge in [-0.3, -0.25) is 0 Å². The van der Waals surface area contributed by atoms with Gasteiger partial charge in [0.05, 0.1) is 5.60 Å². The predicted octanol–water partition coefficient (Wildman–Crippen LogP) is 3.92. The summed E-state index contributed by atoms with van der Waals surface area (Å²) in [5.74, 6) is 1.05. The first-order valence-electron chi connectivity index (χ1n) is 6.80. The van der Waals surface area contributed by atoms with Crippen molar-refractivity contribution in [1.82, 2.24) is 0 Å². The van der Waals surface area contributed by atoms with Crippen molar-refractivity contribution in [3.05, 3.63) is 11.6 Å². The van der Waals surface area contributed by atoms with Gasteiger partial charge in [0.1, 0.15) is 0 Å². The van der Waals surface area contributed by atoms with E-state index >= 15 is 0 Å². The van der Waals surface area contributed by atoms with E-state index in [0.717, 1.165) is 12.8 Å². The summed E-state index contributed by atoms with van der Waals surface area (Å²) in [6.45, 7) is 8.94. The van der Waals surface area contributed by atoms with Crippen molar-refractivity contribution >= 4 is 0 Å². The molecule has 0 aliphatic heterocycles. The van der Waals surface area contributed by atoms with Crippen LogP contribution in [0, 0.1) is 17.3 Å². The summed E-state index contributed by atoms with van der Waals surface area (Å²) in [7, 11) is 0. The predicted molar refractivity (Wildman–Crippen MR) is 68.2 cm³/mol. The summed E-state index contributed by atoms with van der Waals surface area (Å²) in [6.07, 6.45) is 8.03. The first-order chi connectivity index (χ1) is 7.42. The molecule has 2 aliphatic carbocycles. The number of aliphatic hydroxyl groups is 1. The van der Waals surface area contributed by atoms with Crippen molar-refractivity contribution in [1.29, 1.82) is 0 Å². The minimum absolute atomic E-state index is 0.167. The van der Waals surface area contributed by atoms with Crippen LogP contribution < -0.4 is 0 Å². The Balaban J connectivity index is 2.36. The molecule has 92 valence electrons. The highest BCUT2D eigenvalue weighted by molar-refractivity contribution is 5.17. The van der Waals surface area contributed by atoms with Gasteiger partial charge in [0.25, 0.3) is 0 Å². The van der Waals surface area contributed by atoms with Crippen molar-refractivity contribution < 1.29 is 5.11 Å². The summed E-state index contributed by atoms with van der Waals surface area (Å²) in [4.78, 5) is 0. The van der Waals surface area contributed by atoms with Crippen LogP contribution in [0.5, 0.6) is 0 Å². The molecule has 0 radical (unpaired) electrons. The van der Waals surface area contributed by atoms with Crippen molar-refractivity contribution in [3.63, 3.8) is 0 Å². The highest BCUT2D eigenvalue weighted by Crippen LogP contribution is 2.60. The number of rotatable bonds is 1.